The third-order valence-electron chi connectivity index (χ3n) is 2.18. The van der Waals surface area contributed by atoms with Gasteiger partial charge in [-0.3, -0.25) is 5.43 Å². The van der Waals surface area contributed by atoms with Crippen molar-refractivity contribution < 1.29 is 4.74 Å². The quantitative estimate of drug-likeness (QED) is 0.640. The Hall–Kier alpha value is -1.88. The van der Waals surface area contributed by atoms with E-state index in [1.165, 1.54) is 11.3 Å². The van der Waals surface area contributed by atoms with Crippen LogP contribution in [0.4, 0.5) is 5.13 Å². The molecule has 94 valence electrons. The number of ether oxygens (including phenoxy) is 1. The number of benzene rings is 1. The zero-order valence-electron chi connectivity index (χ0n) is 10.2. The summed E-state index contributed by atoms with van der Waals surface area (Å²) in [6.07, 6.45) is 4.47. The molecule has 4 nitrogen and oxygen atoms in total. The lowest BCUT2D eigenvalue weighted by Gasteiger charge is -2.06. The minimum absolute atomic E-state index is 0.713. The summed E-state index contributed by atoms with van der Waals surface area (Å²) < 4.78 is 5.64. The highest BCUT2D eigenvalue weighted by Crippen LogP contribution is 2.16. The Morgan fingerprint density at radius 1 is 1.44 bits per heavy atom. The fourth-order valence-corrected chi connectivity index (χ4v) is 1.84. The fraction of sp³-hybridized carbons (Fsp3) is 0.231. The second-order valence-electron chi connectivity index (χ2n) is 3.59. The van der Waals surface area contributed by atoms with E-state index in [1.807, 2.05) is 29.6 Å². The van der Waals surface area contributed by atoms with Gasteiger partial charge in [-0.15, -0.1) is 11.3 Å². The van der Waals surface area contributed by atoms with Gasteiger partial charge in [0.25, 0.3) is 0 Å². The zero-order chi connectivity index (χ0) is 12.6. The van der Waals surface area contributed by atoms with Gasteiger partial charge in [0.2, 0.25) is 5.13 Å². The highest BCUT2D eigenvalue weighted by atomic mass is 32.1. The molecule has 0 spiro atoms. The van der Waals surface area contributed by atoms with Gasteiger partial charge in [-0.05, 0) is 18.6 Å². The first-order valence-electron chi connectivity index (χ1n) is 5.80. The Morgan fingerprint density at radius 3 is 3.11 bits per heavy atom. The second-order valence-corrected chi connectivity index (χ2v) is 4.49. The van der Waals surface area contributed by atoms with Crippen LogP contribution in [-0.4, -0.2) is 17.8 Å². The Balaban J connectivity index is 2.01. The van der Waals surface area contributed by atoms with Crippen LogP contribution in [0.2, 0.25) is 0 Å². The van der Waals surface area contributed by atoms with E-state index in [9.17, 15) is 0 Å². The number of hydrogen-bond donors (Lipinski definition) is 1. The molecule has 5 heteroatoms. The van der Waals surface area contributed by atoms with Crippen molar-refractivity contribution in [1.82, 2.24) is 4.98 Å². The standard InChI is InChI=1S/C13H15N3OS/c1-2-8-17-12-6-4-3-5-11(12)10-15-16-13-14-7-9-18-13/h3-7,9-10H,2,8H2,1H3,(H,14,16)/b15-10-. The molecule has 0 saturated carbocycles. The van der Waals surface area contributed by atoms with Crippen molar-refractivity contribution in [1.29, 1.82) is 0 Å². The SMILES string of the molecule is CCCOc1ccccc1/C=N\Nc1nccs1. The maximum atomic E-state index is 5.64. The smallest absolute Gasteiger partial charge is 0.203 e. The monoisotopic (exact) mass is 261 g/mol. The zero-order valence-corrected chi connectivity index (χ0v) is 11.0. The lowest BCUT2D eigenvalue weighted by Crippen LogP contribution is -1.99. The maximum Gasteiger partial charge on any atom is 0.203 e. The molecular weight excluding hydrogens is 246 g/mol. The molecule has 0 fully saturated rings. The molecule has 0 atom stereocenters. The third-order valence-corrected chi connectivity index (χ3v) is 2.85. The van der Waals surface area contributed by atoms with Gasteiger partial charge in [-0.1, -0.05) is 19.1 Å². The van der Waals surface area contributed by atoms with Crippen LogP contribution in [0.15, 0.2) is 40.9 Å². The molecule has 1 heterocycles. The Morgan fingerprint density at radius 2 is 2.33 bits per heavy atom. The van der Waals surface area contributed by atoms with Crippen molar-refractivity contribution in [3.05, 3.63) is 41.4 Å². The summed E-state index contributed by atoms with van der Waals surface area (Å²) in [5, 5.41) is 6.82. The van der Waals surface area contributed by atoms with Crippen LogP contribution in [0.25, 0.3) is 0 Å². The van der Waals surface area contributed by atoms with Gasteiger partial charge >= 0.3 is 0 Å². The minimum atomic E-state index is 0.713. The molecule has 0 bridgehead atoms. The van der Waals surface area contributed by atoms with Crippen molar-refractivity contribution in [2.75, 3.05) is 12.0 Å². The summed E-state index contributed by atoms with van der Waals surface area (Å²) in [6, 6.07) is 7.83. The third kappa shape index (κ3) is 3.56. The Labute approximate surface area is 110 Å². The second kappa shape index (κ2) is 6.76. The van der Waals surface area contributed by atoms with E-state index >= 15 is 0 Å². The van der Waals surface area contributed by atoms with E-state index in [0.29, 0.717) is 6.61 Å². The largest absolute Gasteiger partial charge is 0.493 e. The Bertz CT molecular complexity index is 497. The van der Waals surface area contributed by atoms with E-state index in [0.717, 1.165) is 22.9 Å². The van der Waals surface area contributed by atoms with Gasteiger partial charge in [0.1, 0.15) is 5.75 Å². The van der Waals surface area contributed by atoms with Crippen LogP contribution >= 0.6 is 11.3 Å². The van der Waals surface area contributed by atoms with Gasteiger partial charge in [-0.2, -0.15) is 5.10 Å². The number of nitrogens with one attached hydrogen (secondary N) is 1. The van der Waals surface area contributed by atoms with E-state index in [4.69, 9.17) is 4.74 Å². The predicted octanol–water partition coefficient (Wildman–Crippen LogP) is 3.38. The van der Waals surface area contributed by atoms with Crippen molar-refractivity contribution >= 4 is 22.7 Å². The van der Waals surface area contributed by atoms with Crippen LogP contribution in [0.1, 0.15) is 18.9 Å². The number of rotatable bonds is 6. The molecule has 0 unspecified atom stereocenters. The van der Waals surface area contributed by atoms with Gasteiger partial charge in [0.15, 0.2) is 0 Å². The van der Waals surface area contributed by atoms with Crippen molar-refractivity contribution in [2.45, 2.75) is 13.3 Å². The lowest BCUT2D eigenvalue weighted by molar-refractivity contribution is 0.317. The molecule has 2 aromatic rings. The number of para-hydroxylation sites is 1. The fourth-order valence-electron chi connectivity index (χ4n) is 1.37. The van der Waals surface area contributed by atoms with E-state index in [-0.39, 0.29) is 0 Å². The van der Waals surface area contributed by atoms with Crippen LogP contribution in [0.3, 0.4) is 0 Å². The molecular formula is C13H15N3OS. The van der Waals surface area contributed by atoms with Gasteiger partial charge in [-0.25, -0.2) is 4.98 Å². The first-order chi connectivity index (χ1) is 8.90. The molecule has 0 aliphatic heterocycles. The molecule has 0 amide bonds. The van der Waals surface area contributed by atoms with Crippen molar-refractivity contribution in [2.24, 2.45) is 5.10 Å². The van der Waals surface area contributed by atoms with Crippen LogP contribution in [0.5, 0.6) is 5.75 Å². The summed E-state index contributed by atoms with van der Waals surface area (Å²) in [5.41, 5.74) is 3.83. The maximum absolute atomic E-state index is 5.64. The first kappa shape index (κ1) is 12.6. The highest BCUT2D eigenvalue weighted by molar-refractivity contribution is 7.13. The van der Waals surface area contributed by atoms with Crippen LogP contribution < -0.4 is 10.2 Å². The summed E-state index contributed by atoms with van der Waals surface area (Å²) in [7, 11) is 0. The molecule has 1 N–H and O–H groups in total. The summed E-state index contributed by atoms with van der Waals surface area (Å²) >= 11 is 1.51. The number of thiazole rings is 1. The normalized spacial score (nSPS) is 10.7. The van der Waals surface area contributed by atoms with Crippen molar-refractivity contribution in [3.8, 4) is 5.75 Å². The number of nitrogens with zero attached hydrogens (tertiary/aromatic N) is 2. The molecule has 18 heavy (non-hydrogen) atoms. The number of hydrazone groups is 1. The molecule has 0 aliphatic carbocycles. The summed E-state index contributed by atoms with van der Waals surface area (Å²) in [6.45, 7) is 2.80. The molecule has 0 aliphatic rings. The number of aromatic nitrogens is 1. The minimum Gasteiger partial charge on any atom is -0.493 e. The average Bonchev–Trinajstić information content (AvgIpc) is 2.91. The molecule has 0 radical (unpaired) electrons. The van der Waals surface area contributed by atoms with Gasteiger partial charge in [0.05, 0.1) is 12.8 Å². The lowest BCUT2D eigenvalue weighted by atomic mass is 10.2. The van der Waals surface area contributed by atoms with Gasteiger partial charge in [0, 0.05) is 17.1 Å². The first-order valence-corrected chi connectivity index (χ1v) is 6.68. The average molecular weight is 261 g/mol. The van der Waals surface area contributed by atoms with Crippen LogP contribution in [0, 0.1) is 0 Å². The summed E-state index contributed by atoms with van der Waals surface area (Å²) in [5.74, 6) is 0.851. The Kier molecular flexibility index (Phi) is 4.72. The van der Waals surface area contributed by atoms with Gasteiger partial charge < -0.3 is 4.74 Å². The van der Waals surface area contributed by atoms with E-state index in [1.54, 1.807) is 12.4 Å². The van der Waals surface area contributed by atoms with E-state index in [2.05, 4.69) is 22.4 Å². The highest BCUT2D eigenvalue weighted by Gasteiger charge is 1.99. The van der Waals surface area contributed by atoms with E-state index < -0.39 is 0 Å². The molecule has 2 rings (SSSR count). The van der Waals surface area contributed by atoms with Crippen LogP contribution in [-0.2, 0) is 0 Å². The number of hydrogen-bond acceptors (Lipinski definition) is 5. The molecule has 0 saturated heterocycles. The number of anilines is 1. The van der Waals surface area contributed by atoms with Crippen molar-refractivity contribution in [3.63, 3.8) is 0 Å². The topological polar surface area (TPSA) is 46.5 Å². The summed E-state index contributed by atoms with van der Waals surface area (Å²) in [4.78, 5) is 4.08. The molecule has 1 aromatic heterocycles. The predicted molar refractivity (Wildman–Crippen MR) is 75.6 cm³/mol. The molecule has 1 aromatic carbocycles.